The number of aryl methyl sites for hydroxylation is 1. The van der Waals surface area contributed by atoms with Gasteiger partial charge in [0.25, 0.3) is 0 Å². The third kappa shape index (κ3) is 2.99. The van der Waals surface area contributed by atoms with E-state index in [1.807, 2.05) is 29.1 Å². The van der Waals surface area contributed by atoms with Crippen LogP contribution in [0.3, 0.4) is 0 Å². The fourth-order valence-electron chi connectivity index (χ4n) is 2.36. The number of para-hydroxylation sites is 1. The van der Waals surface area contributed by atoms with Crippen LogP contribution in [0.4, 0.5) is 0 Å². The van der Waals surface area contributed by atoms with Crippen molar-refractivity contribution in [1.82, 2.24) is 20.3 Å². The van der Waals surface area contributed by atoms with Crippen LogP contribution in [0.1, 0.15) is 37.6 Å². The molecule has 2 rings (SSSR count). The molecular formula is C15H22N4O. The van der Waals surface area contributed by atoms with E-state index in [1.165, 1.54) is 0 Å². The first-order chi connectivity index (χ1) is 9.81. The Hall–Kier alpha value is -1.88. The van der Waals surface area contributed by atoms with Gasteiger partial charge >= 0.3 is 0 Å². The molecule has 5 heteroatoms. The highest BCUT2D eigenvalue weighted by molar-refractivity contribution is 5.39. The van der Waals surface area contributed by atoms with Crippen LogP contribution in [0.2, 0.25) is 0 Å². The Morgan fingerprint density at radius 1 is 1.30 bits per heavy atom. The Labute approximate surface area is 120 Å². The van der Waals surface area contributed by atoms with Crippen LogP contribution in [-0.2, 0) is 6.54 Å². The SMILES string of the molecule is CCCn1nncc1C(NCC)c1ccccc1OC. The van der Waals surface area contributed by atoms with Crippen molar-refractivity contribution in [2.75, 3.05) is 13.7 Å². The van der Waals surface area contributed by atoms with Crippen LogP contribution in [0.5, 0.6) is 5.75 Å². The highest BCUT2D eigenvalue weighted by atomic mass is 16.5. The number of ether oxygens (including phenoxy) is 1. The van der Waals surface area contributed by atoms with Crippen molar-refractivity contribution in [2.24, 2.45) is 0 Å². The lowest BCUT2D eigenvalue weighted by Crippen LogP contribution is -2.25. The molecule has 0 saturated heterocycles. The molecule has 0 saturated carbocycles. The van der Waals surface area contributed by atoms with Crippen LogP contribution in [-0.4, -0.2) is 28.6 Å². The summed E-state index contributed by atoms with van der Waals surface area (Å²) in [7, 11) is 1.70. The monoisotopic (exact) mass is 274 g/mol. The van der Waals surface area contributed by atoms with Crippen LogP contribution in [0, 0.1) is 0 Å². The highest BCUT2D eigenvalue weighted by Gasteiger charge is 2.21. The highest BCUT2D eigenvalue weighted by Crippen LogP contribution is 2.29. The minimum atomic E-state index is 0.0395. The number of aromatic nitrogens is 3. The van der Waals surface area contributed by atoms with E-state index in [4.69, 9.17) is 4.74 Å². The van der Waals surface area contributed by atoms with Crippen molar-refractivity contribution < 1.29 is 4.74 Å². The molecule has 20 heavy (non-hydrogen) atoms. The molecule has 1 unspecified atom stereocenters. The van der Waals surface area contributed by atoms with Crippen LogP contribution < -0.4 is 10.1 Å². The average molecular weight is 274 g/mol. The number of hydrogen-bond donors (Lipinski definition) is 1. The van der Waals surface area contributed by atoms with Gasteiger partial charge in [-0.3, -0.25) is 0 Å². The summed E-state index contributed by atoms with van der Waals surface area (Å²) in [6, 6.07) is 8.10. The maximum Gasteiger partial charge on any atom is 0.124 e. The Balaban J connectivity index is 2.42. The van der Waals surface area contributed by atoms with Crippen molar-refractivity contribution in [1.29, 1.82) is 0 Å². The summed E-state index contributed by atoms with van der Waals surface area (Å²) >= 11 is 0. The predicted octanol–water partition coefficient (Wildman–Crippen LogP) is 2.40. The Morgan fingerprint density at radius 3 is 2.80 bits per heavy atom. The molecular weight excluding hydrogens is 252 g/mol. The van der Waals surface area contributed by atoms with Crippen molar-refractivity contribution in [3.05, 3.63) is 41.7 Å². The zero-order valence-corrected chi connectivity index (χ0v) is 12.3. The lowest BCUT2D eigenvalue weighted by atomic mass is 10.0. The Kier molecular flexibility index (Phi) is 5.12. The molecule has 0 aliphatic heterocycles. The summed E-state index contributed by atoms with van der Waals surface area (Å²) in [4.78, 5) is 0. The number of hydrogen-bond acceptors (Lipinski definition) is 4. The summed E-state index contributed by atoms with van der Waals surface area (Å²) in [5.41, 5.74) is 2.18. The van der Waals surface area contributed by atoms with Gasteiger partial charge in [0.2, 0.25) is 0 Å². The topological polar surface area (TPSA) is 52.0 Å². The van der Waals surface area contributed by atoms with Gasteiger partial charge in [-0.15, -0.1) is 5.10 Å². The van der Waals surface area contributed by atoms with Gasteiger partial charge in [-0.25, -0.2) is 4.68 Å². The maximum absolute atomic E-state index is 5.48. The van der Waals surface area contributed by atoms with Gasteiger partial charge in [0.1, 0.15) is 5.75 Å². The Bertz CT molecular complexity index is 538. The summed E-state index contributed by atoms with van der Waals surface area (Å²) in [6.07, 6.45) is 2.86. The van der Waals surface area contributed by atoms with Crippen molar-refractivity contribution in [3.63, 3.8) is 0 Å². The minimum absolute atomic E-state index is 0.0395. The third-order valence-corrected chi connectivity index (χ3v) is 3.24. The quantitative estimate of drug-likeness (QED) is 0.842. The Morgan fingerprint density at radius 2 is 2.10 bits per heavy atom. The molecule has 0 spiro atoms. The number of rotatable bonds is 7. The van der Waals surface area contributed by atoms with E-state index < -0.39 is 0 Å². The van der Waals surface area contributed by atoms with Crippen molar-refractivity contribution in [3.8, 4) is 5.75 Å². The van der Waals surface area contributed by atoms with E-state index in [-0.39, 0.29) is 6.04 Å². The van der Waals surface area contributed by atoms with Gasteiger partial charge in [0.05, 0.1) is 25.0 Å². The van der Waals surface area contributed by atoms with Gasteiger partial charge in [-0.05, 0) is 19.0 Å². The molecule has 0 aliphatic carbocycles. The largest absolute Gasteiger partial charge is 0.496 e. The van der Waals surface area contributed by atoms with E-state index in [2.05, 4.69) is 35.5 Å². The average Bonchev–Trinajstić information content (AvgIpc) is 2.93. The standard InChI is InChI=1S/C15H22N4O/c1-4-10-19-13(11-17-18-19)15(16-5-2)12-8-6-7-9-14(12)20-3/h6-9,11,15-16H,4-5,10H2,1-3H3. The molecule has 2 aromatic rings. The van der Waals surface area contributed by atoms with Gasteiger partial charge in [0.15, 0.2) is 0 Å². The normalized spacial score (nSPS) is 12.3. The van der Waals surface area contributed by atoms with Crippen molar-refractivity contribution in [2.45, 2.75) is 32.9 Å². The second-order valence-corrected chi connectivity index (χ2v) is 4.61. The molecule has 0 bridgehead atoms. The molecule has 0 amide bonds. The lowest BCUT2D eigenvalue weighted by molar-refractivity contribution is 0.401. The lowest BCUT2D eigenvalue weighted by Gasteiger charge is -2.21. The summed E-state index contributed by atoms with van der Waals surface area (Å²) in [5.74, 6) is 0.877. The van der Waals surface area contributed by atoms with E-state index >= 15 is 0 Å². The molecule has 0 aliphatic rings. The maximum atomic E-state index is 5.48. The van der Waals surface area contributed by atoms with E-state index in [0.717, 1.165) is 36.5 Å². The second kappa shape index (κ2) is 7.05. The van der Waals surface area contributed by atoms with Gasteiger partial charge < -0.3 is 10.1 Å². The molecule has 1 N–H and O–H groups in total. The van der Waals surface area contributed by atoms with Gasteiger partial charge in [-0.2, -0.15) is 0 Å². The summed E-state index contributed by atoms with van der Waals surface area (Å²) < 4.78 is 7.44. The number of nitrogens with zero attached hydrogens (tertiary/aromatic N) is 3. The first-order valence-electron chi connectivity index (χ1n) is 7.06. The molecule has 1 aromatic carbocycles. The summed E-state index contributed by atoms with van der Waals surface area (Å²) in [6.45, 7) is 5.96. The fourth-order valence-corrected chi connectivity index (χ4v) is 2.36. The second-order valence-electron chi connectivity index (χ2n) is 4.61. The molecule has 1 atom stereocenters. The molecule has 1 aromatic heterocycles. The van der Waals surface area contributed by atoms with Crippen molar-refractivity contribution >= 4 is 0 Å². The van der Waals surface area contributed by atoms with E-state index in [9.17, 15) is 0 Å². The fraction of sp³-hybridized carbons (Fsp3) is 0.467. The predicted molar refractivity (Wildman–Crippen MR) is 78.8 cm³/mol. The number of nitrogens with one attached hydrogen (secondary N) is 1. The van der Waals surface area contributed by atoms with E-state index in [0.29, 0.717) is 0 Å². The third-order valence-electron chi connectivity index (χ3n) is 3.24. The smallest absolute Gasteiger partial charge is 0.124 e. The van der Waals surface area contributed by atoms with E-state index in [1.54, 1.807) is 7.11 Å². The summed E-state index contributed by atoms with van der Waals surface area (Å²) in [5, 5.41) is 11.7. The molecule has 5 nitrogen and oxygen atoms in total. The first-order valence-corrected chi connectivity index (χ1v) is 7.06. The molecule has 0 radical (unpaired) electrons. The molecule has 0 fully saturated rings. The van der Waals surface area contributed by atoms with Crippen LogP contribution >= 0.6 is 0 Å². The number of methoxy groups -OCH3 is 1. The molecule has 1 heterocycles. The van der Waals surface area contributed by atoms with Gasteiger partial charge in [-0.1, -0.05) is 37.3 Å². The first kappa shape index (κ1) is 14.5. The zero-order chi connectivity index (χ0) is 14.4. The number of benzene rings is 1. The minimum Gasteiger partial charge on any atom is -0.496 e. The van der Waals surface area contributed by atoms with Crippen LogP contribution in [0.15, 0.2) is 30.5 Å². The van der Waals surface area contributed by atoms with Crippen LogP contribution in [0.25, 0.3) is 0 Å². The zero-order valence-electron chi connectivity index (χ0n) is 12.3. The van der Waals surface area contributed by atoms with Gasteiger partial charge in [0, 0.05) is 12.1 Å². The molecule has 108 valence electrons.